The maximum Gasteiger partial charge on any atom is 0.275 e. The molecule has 0 unspecified atom stereocenters. The fourth-order valence-electron chi connectivity index (χ4n) is 3.10. The van der Waals surface area contributed by atoms with Crippen molar-refractivity contribution in [2.75, 3.05) is 17.9 Å². The monoisotopic (exact) mass is 419 g/mol. The first kappa shape index (κ1) is 21.1. The van der Waals surface area contributed by atoms with Gasteiger partial charge in [-0.25, -0.2) is 8.42 Å². The molecule has 0 spiro atoms. The minimum atomic E-state index is -3.91. The van der Waals surface area contributed by atoms with Crippen LogP contribution >= 0.6 is 0 Å². The minimum absolute atomic E-state index is 0.00409. The lowest BCUT2D eigenvalue weighted by atomic mass is 10.2. The number of hydrogen-bond acceptors (Lipinski definition) is 5. The first-order valence-corrected chi connectivity index (χ1v) is 10.9. The van der Waals surface area contributed by atoms with Gasteiger partial charge in [0.05, 0.1) is 11.0 Å². The maximum atomic E-state index is 12.8. The molecule has 0 aliphatic carbocycles. The van der Waals surface area contributed by atoms with Gasteiger partial charge >= 0.3 is 0 Å². The molecule has 1 amide bonds. The number of benzene rings is 1. The lowest BCUT2D eigenvalue weighted by Crippen LogP contribution is -2.37. The molecule has 0 bridgehead atoms. The second kappa shape index (κ2) is 8.79. The van der Waals surface area contributed by atoms with E-state index in [1.54, 1.807) is 25.1 Å². The van der Waals surface area contributed by atoms with Gasteiger partial charge in [-0.1, -0.05) is 17.7 Å². The zero-order valence-electron chi connectivity index (χ0n) is 16.5. The Kier molecular flexibility index (Phi) is 6.39. The van der Waals surface area contributed by atoms with Crippen LogP contribution < -0.4 is 15.6 Å². The third kappa shape index (κ3) is 5.24. The van der Waals surface area contributed by atoms with Crippen molar-refractivity contribution in [2.24, 2.45) is 0 Å². The molecule has 1 aromatic carbocycles. The number of anilines is 1. The highest BCUT2D eigenvalue weighted by atomic mass is 32.2. The van der Waals surface area contributed by atoms with E-state index in [4.69, 9.17) is 4.74 Å². The predicted octanol–water partition coefficient (Wildman–Crippen LogP) is 1.56. The topological polar surface area (TPSA) is 106 Å². The van der Waals surface area contributed by atoms with E-state index in [0.717, 1.165) is 18.4 Å². The van der Waals surface area contributed by atoms with E-state index in [1.807, 2.05) is 6.92 Å². The van der Waals surface area contributed by atoms with Crippen LogP contribution in [0.25, 0.3) is 0 Å². The van der Waals surface area contributed by atoms with Crippen LogP contribution in [0.4, 0.5) is 5.69 Å². The third-order valence-corrected chi connectivity index (χ3v) is 6.20. The van der Waals surface area contributed by atoms with Gasteiger partial charge in [-0.15, -0.1) is 0 Å². The Labute approximate surface area is 169 Å². The number of sulfonamides is 1. The third-order valence-electron chi connectivity index (χ3n) is 4.82. The summed E-state index contributed by atoms with van der Waals surface area (Å²) in [5, 5.41) is 2.76. The summed E-state index contributed by atoms with van der Waals surface area (Å²) in [6.07, 6.45) is 1.88. The summed E-state index contributed by atoms with van der Waals surface area (Å²) < 4.78 is 34.2. The zero-order chi connectivity index (χ0) is 21.0. The molecule has 156 valence electrons. The van der Waals surface area contributed by atoms with Crippen molar-refractivity contribution in [3.05, 3.63) is 58.0 Å². The highest BCUT2D eigenvalue weighted by Crippen LogP contribution is 2.15. The number of ether oxygens (including phenoxy) is 1. The number of nitrogens with zero attached hydrogens (tertiary/aromatic N) is 1. The van der Waals surface area contributed by atoms with Crippen molar-refractivity contribution in [1.29, 1.82) is 0 Å². The lowest BCUT2D eigenvalue weighted by Gasteiger charge is -2.15. The van der Waals surface area contributed by atoms with E-state index >= 15 is 0 Å². The summed E-state index contributed by atoms with van der Waals surface area (Å²) in [5.74, 6) is -0.329. The Hall–Kier alpha value is -2.65. The summed E-state index contributed by atoms with van der Waals surface area (Å²) in [4.78, 5) is 25.1. The molecule has 1 atom stereocenters. The SMILES string of the molecule is Cc1ccc(S(=O)(=O)Nc2ccc(C)n(CC(=O)NC[C@H]3CCCO3)c2=O)cc1. The number of aryl methyl sites for hydroxylation is 2. The first-order valence-electron chi connectivity index (χ1n) is 9.44. The van der Waals surface area contributed by atoms with Gasteiger partial charge in [0.15, 0.2) is 0 Å². The van der Waals surface area contributed by atoms with Crippen LogP contribution in [0.5, 0.6) is 0 Å². The molecule has 2 N–H and O–H groups in total. The van der Waals surface area contributed by atoms with Gasteiger partial charge in [0, 0.05) is 18.8 Å². The lowest BCUT2D eigenvalue weighted by molar-refractivity contribution is -0.122. The number of rotatable bonds is 7. The van der Waals surface area contributed by atoms with E-state index in [1.165, 1.54) is 22.8 Å². The van der Waals surface area contributed by atoms with E-state index in [-0.39, 0.29) is 29.1 Å². The molecule has 2 heterocycles. The van der Waals surface area contributed by atoms with E-state index in [2.05, 4.69) is 10.0 Å². The summed E-state index contributed by atoms with van der Waals surface area (Å²) in [6, 6.07) is 9.32. The molecular weight excluding hydrogens is 394 g/mol. The minimum Gasteiger partial charge on any atom is -0.376 e. The smallest absolute Gasteiger partial charge is 0.275 e. The van der Waals surface area contributed by atoms with Gasteiger partial charge in [0.2, 0.25) is 5.91 Å². The maximum absolute atomic E-state index is 12.8. The highest BCUT2D eigenvalue weighted by Gasteiger charge is 2.19. The molecule has 1 aromatic heterocycles. The molecule has 1 aliphatic heterocycles. The van der Waals surface area contributed by atoms with Crippen molar-refractivity contribution in [1.82, 2.24) is 9.88 Å². The molecule has 1 aliphatic rings. The average Bonchev–Trinajstić information content (AvgIpc) is 3.20. The molecule has 0 saturated carbocycles. The van der Waals surface area contributed by atoms with Crippen LogP contribution in [-0.2, 0) is 26.1 Å². The molecule has 8 nitrogen and oxygen atoms in total. The van der Waals surface area contributed by atoms with Gasteiger partial charge in [-0.2, -0.15) is 0 Å². The number of amides is 1. The number of nitrogens with one attached hydrogen (secondary N) is 2. The highest BCUT2D eigenvalue weighted by molar-refractivity contribution is 7.92. The zero-order valence-corrected chi connectivity index (χ0v) is 17.3. The van der Waals surface area contributed by atoms with Crippen molar-refractivity contribution in [3.63, 3.8) is 0 Å². The van der Waals surface area contributed by atoms with Gasteiger partial charge in [0.1, 0.15) is 12.2 Å². The Bertz CT molecular complexity index is 1040. The van der Waals surface area contributed by atoms with Crippen molar-refractivity contribution in [2.45, 2.75) is 44.2 Å². The average molecular weight is 420 g/mol. The van der Waals surface area contributed by atoms with Crippen LogP contribution in [0.15, 0.2) is 46.1 Å². The van der Waals surface area contributed by atoms with Crippen LogP contribution in [0.3, 0.4) is 0 Å². The van der Waals surface area contributed by atoms with Gasteiger partial charge in [0.25, 0.3) is 15.6 Å². The summed E-state index contributed by atoms with van der Waals surface area (Å²) in [7, 11) is -3.91. The molecule has 1 fully saturated rings. The van der Waals surface area contributed by atoms with E-state index < -0.39 is 15.6 Å². The Morgan fingerprint density at radius 3 is 2.55 bits per heavy atom. The fraction of sp³-hybridized carbons (Fsp3) is 0.400. The summed E-state index contributed by atoms with van der Waals surface area (Å²) >= 11 is 0. The Morgan fingerprint density at radius 1 is 1.17 bits per heavy atom. The molecule has 29 heavy (non-hydrogen) atoms. The molecule has 3 rings (SSSR count). The molecule has 0 radical (unpaired) electrons. The van der Waals surface area contributed by atoms with Crippen molar-refractivity contribution < 1.29 is 17.9 Å². The van der Waals surface area contributed by atoms with E-state index in [9.17, 15) is 18.0 Å². The summed E-state index contributed by atoms with van der Waals surface area (Å²) in [6.45, 7) is 4.44. The molecule has 9 heteroatoms. The van der Waals surface area contributed by atoms with E-state index in [0.29, 0.717) is 18.8 Å². The molecule has 1 saturated heterocycles. The van der Waals surface area contributed by atoms with Gasteiger partial charge < -0.3 is 14.6 Å². The van der Waals surface area contributed by atoms with Crippen molar-refractivity contribution >= 4 is 21.6 Å². The molecular formula is C20H25N3O5S. The standard InChI is InChI=1S/C20H25N3O5S/c1-14-5-8-17(9-6-14)29(26,27)22-18-10-7-15(2)23(20(18)25)13-19(24)21-12-16-4-3-11-28-16/h5-10,16,22H,3-4,11-13H2,1-2H3,(H,21,24)/t16-/m1/s1. The first-order chi connectivity index (χ1) is 13.8. The van der Waals surface area contributed by atoms with Gasteiger partial charge in [-0.3, -0.25) is 14.3 Å². The van der Waals surface area contributed by atoms with Crippen LogP contribution in [0, 0.1) is 13.8 Å². The fourth-order valence-corrected chi connectivity index (χ4v) is 4.16. The van der Waals surface area contributed by atoms with Crippen LogP contribution in [-0.4, -0.2) is 38.1 Å². The number of carbonyl (C=O) groups is 1. The van der Waals surface area contributed by atoms with Crippen LogP contribution in [0.2, 0.25) is 0 Å². The largest absolute Gasteiger partial charge is 0.376 e. The van der Waals surface area contributed by atoms with Crippen molar-refractivity contribution in [3.8, 4) is 0 Å². The second-order valence-electron chi connectivity index (χ2n) is 7.14. The Morgan fingerprint density at radius 2 is 1.90 bits per heavy atom. The number of aromatic nitrogens is 1. The second-order valence-corrected chi connectivity index (χ2v) is 8.82. The molecule has 2 aromatic rings. The summed E-state index contributed by atoms with van der Waals surface area (Å²) in [5.41, 5.74) is 0.798. The normalized spacial score (nSPS) is 16.6. The predicted molar refractivity (Wildman–Crippen MR) is 109 cm³/mol. The number of carbonyl (C=O) groups excluding carboxylic acids is 1. The van der Waals surface area contributed by atoms with Gasteiger partial charge in [-0.05, 0) is 51.0 Å². The van der Waals surface area contributed by atoms with Crippen LogP contribution in [0.1, 0.15) is 24.1 Å². The number of pyridine rings is 1. The number of hydrogen-bond donors (Lipinski definition) is 2. The quantitative estimate of drug-likeness (QED) is 0.708. The Balaban J connectivity index is 1.75.